The van der Waals surface area contributed by atoms with Gasteiger partial charge in [0.15, 0.2) is 0 Å². The Bertz CT molecular complexity index is 428. The summed E-state index contributed by atoms with van der Waals surface area (Å²) in [6.07, 6.45) is 10.8. The third-order valence-corrected chi connectivity index (χ3v) is 3.57. The fourth-order valence-corrected chi connectivity index (χ4v) is 2.48. The van der Waals surface area contributed by atoms with E-state index in [9.17, 15) is 0 Å². The molecular formula is C17H24NNa. The normalized spacial score (nSPS) is 10.6. The summed E-state index contributed by atoms with van der Waals surface area (Å²) in [5.41, 5.74) is 2.59. The molecule has 1 heterocycles. The molecule has 0 aliphatic heterocycles. The minimum Gasteiger partial charge on any atom is -0.411 e. The van der Waals surface area contributed by atoms with Gasteiger partial charge in [0.25, 0.3) is 0 Å². The monoisotopic (exact) mass is 265 g/mol. The molecule has 0 aliphatic rings. The number of aromatic nitrogens is 1. The smallest absolute Gasteiger partial charge is 0.411 e. The molecule has 0 amide bonds. The van der Waals surface area contributed by atoms with Crippen LogP contribution in [-0.4, -0.2) is 4.98 Å². The largest absolute Gasteiger partial charge is 1.00 e. The van der Waals surface area contributed by atoms with Gasteiger partial charge in [0, 0.05) is 5.69 Å². The molecule has 1 aromatic carbocycles. The van der Waals surface area contributed by atoms with Gasteiger partial charge >= 0.3 is 29.6 Å². The van der Waals surface area contributed by atoms with Crippen LogP contribution in [0.15, 0.2) is 24.3 Å². The molecule has 19 heavy (non-hydrogen) atoms. The molecule has 0 saturated carbocycles. The van der Waals surface area contributed by atoms with E-state index in [0.29, 0.717) is 0 Å². The summed E-state index contributed by atoms with van der Waals surface area (Å²) >= 11 is 0. The zero-order valence-corrected chi connectivity index (χ0v) is 14.5. The molecule has 0 bridgehead atoms. The molecule has 2 rings (SSSR count). The van der Waals surface area contributed by atoms with Crippen molar-refractivity contribution < 1.29 is 29.6 Å². The molecule has 0 aliphatic carbocycles. The second kappa shape index (κ2) is 9.63. The van der Waals surface area contributed by atoms with Gasteiger partial charge in [-0.2, -0.15) is 24.3 Å². The van der Waals surface area contributed by atoms with Crippen LogP contribution in [0.4, 0.5) is 0 Å². The van der Waals surface area contributed by atoms with Crippen molar-refractivity contribution in [1.29, 1.82) is 0 Å². The van der Waals surface area contributed by atoms with Gasteiger partial charge in [-0.3, -0.25) is 0 Å². The quantitative estimate of drug-likeness (QED) is 0.428. The Hall–Kier alpha value is -0.240. The number of aromatic amines is 1. The second-order valence-corrected chi connectivity index (χ2v) is 5.18. The average Bonchev–Trinajstić information content (AvgIpc) is 2.80. The summed E-state index contributed by atoms with van der Waals surface area (Å²) in [6, 6.07) is 11.5. The van der Waals surface area contributed by atoms with Gasteiger partial charge in [-0.05, 0) is 12.8 Å². The number of unbranched alkanes of at least 4 members (excludes halogenated alkanes) is 6. The maximum Gasteiger partial charge on any atom is 1.00 e. The van der Waals surface area contributed by atoms with Crippen molar-refractivity contribution in [2.75, 3.05) is 0 Å². The van der Waals surface area contributed by atoms with Gasteiger partial charge in [0.05, 0.1) is 0 Å². The summed E-state index contributed by atoms with van der Waals surface area (Å²) in [7, 11) is 0. The van der Waals surface area contributed by atoms with Crippen LogP contribution >= 0.6 is 0 Å². The summed E-state index contributed by atoms with van der Waals surface area (Å²) < 4.78 is 0. The van der Waals surface area contributed by atoms with Crippen molar-refractivity contribution >= 4 is 10.9 Å². The van der Waals surface area contributed by atoms with Crippen LogP contribution in [0.25, 0.3) is 10.9 Å². The molecule has 1 aromatic heterocycles. The predicted molar refractivity (Wildman–Crippen MR) is 78.8 cm³/mol. The zero-order chi connectivity index (χ0) is 12.6. The molecule has 2 heteroatoms. The summed E-state index contributed by atoms with van der Waals surface area (Å²) in [5, 5.41) is 1.31. The van der Waals surface area contributed by atoms with Crippen LogP contribution in [0.3, 0.4) is 0 Å². The minimum atomic E-state index is 0. The van der Waals surface area contributed by atoms with Gasteiger partial charge in [-0.25, -0.2) is 0 Å². The Balaban J connectivity index is 0.00000180. The van der Waals surface area contributed by atoms with Crippen molar-refractivity contribution in [3.63, 3.8) is 0 Å². The molecule has 0 unspecified atom stereocenters. The fourth-order valence-electron chi connectivity index (χ4n) is 2.48. The van der Waals surface area contributed by atoms with Gasteiger partial charge in [-0.15, -0.1) is 5.39 Å². The van der Waals surface area contributed by atoms with Gasteiger partial charge < -0.3 is 4.98 Å². The van der Waals surface area contributed by atoms with Gasteiger partial charge in [-0.1, -0.05) is 57.0 Å². The third-order valence-electron chi connectivity index (χ3n) is 3.57. The van der Waals surface area contributed by atoms with E-state index >= 15 is 0 Å². The van der Waals surface area contributed by atoms with E-state index in [-0.39, 0.29) is 29.6 Å². The number of hydrogen-bond donors (Lipinski definition) is 1. The molecule has 0 atom stereocenters. The van der Waals surface area contributed by atoms with E-state index in [0.717, 1.165) is 0 Å². The molecule has 0 saturated heterocycles. The Labute approximate surface area is 139 Å². The first-order chi connectivity index (χ1) is 8.90. The number of rotatable bonds is 8. The van der Waals surface area contributed by atoms with Crippen LogP contribution < -0.4 is 29.6 Å². The second-order valence-electron chi connectivity index (χ2n) is 5.18. The molecule has 0 fully saturated rings. The molecule has 0 spiro atoms. The standard InChI is InChI=1S/C17H24N.Na/c1-2-3-4-5-6-7-8-12-16-14-15-11-9-10-13-17(15)18-16;/h9,11,13-14,18H,2-8,12H2,1H3;/q-1;+1. The van der Waals surface area contributed by atoms with Crippen molar-refractivity contribution in [3.05, 3.63) is 36.0 Å². The van der Waals surface area contributed by atoms with Crippen LogP contribution in [0.1, 0.15) is 57.6 Å². The number of nitrogens with one attached hydrogen (secondary N) is 1. The van der Waals surface area contributed by atoms with E-state index in [4.69, 9.17) is 0 Å². The topological polar surface area (TPSA) is 15.8 Å². The predicted octanol–water partition coefficient (Wildman–Crippen LogP) is 2.27. The number of benzene rings is 1. The molecule has 1 nitrogen and oxygen atoms in total. The molecule has 0 radical (unpaired) electrons. The average molecular weight is 265 g/mol. The maximum atomic E-state index is 3.48. The number of fused-ring (bicyclic) bond motifs is 1. The first kappa shape index (κ1) is 16.8. The summed E-state index contributed by atoms with van der Waals surface area (Å²) in [4.78, 5) is 3.48. The van der Waals surface area contributed by atoms with E-state index in [2.05, 4.69) is 30.1 Å². The first-order valence-electron chi connectivity index (χ1n) is 7.38. The Morgan fingerprint density at radius 2 is 1.79 bits per heavy atom. The number of aryl methyl sites for hydroxylation is 1. The SMILES string of the molecule is CCCCCCCCCc1cc2cc[c-]cc2[nH]1.[Na+]. The summed E-state index contributed by atoms with van der Waals surface area (Å²) in [5.74, 6) is 0. The van der Waals surface area contributed by atoms with E-state index in [1.54, 1.807) is 0 Å². The third kappa shape index (κ3) is 5.72. The fraction of sp³-hybridized carbons (Fsp3) is 0.529. The van der Waals surface area contributed by atoms with Crippen molar-refractivity contribution in [3.8, 4) is 0 Å². The van der Waals surface area contributed by atoms with Gasteiger partial charge in [0.2, 0.25) is 0 Å². The maximum absolute atomic E-state index is 3.48. The molecule has 98 valence electrons. The Morgan fingerprint density at radius 3 is 2.53 bits per heavy atom. The molecule has 2 aromatic rings. The van der Waals surface area contributed by atoms with Crippen molar-refractivity contribution in [2.24, 2.45) is 0 Å². The number of H-pyrrole nitrogens is 1. The van der Waals surface area contributed by atoms with Crippen LogP contribution in [0.2, 0.25) is 0 Å². The Morgan fingerprint density at radius 1 is 1.05 bits per heavy atom. The van der Waals surface area contributed by atoms with E-state index in [1.165, 1.54) is 68.0 Å². The number of hydrogen-bond acceptors (Lipinski definition) is 0. The van der Waals surface area contributed by atoms with Crippen molar-refractivity contribution in [2.45, 2.75) is 58.3 Å². The van der Waals surface area contributed by atoms with E-state index in [1.807, 2.05) is 12.1 Å². The summed E-state index contributed by atoms with van der Waals surface area (Å²) in [6.45, 7) is 2.27. The minimum absolute atomic E-state index is 0. The molecule has 1 N–H and O–H groups in total. The van der Waals surface area contributed by atoms with Crippen molar-refractivity contribution in [1.82, 2.24) is 4.98 Å². The zero-order valence-electron chi connectivity index (χ0n) is 12.5. The molecular weight excluding hydrogens is 241 g/mol. The van der Waals surface area contributed by atoms with Crippen LogP contribution in [0.5, 0.6) is 0 Å². The van der Waals surface area contributed by atoms with E-state index < -0.39 is 0 Å². The van der Waals surface area contributed by atoms with Crippen LogP contribution in [0, 0.1) is 6.07 Å². The van der Waals surface area contributed by atoms with Gasteiger partial charge in [0.1, 0.15) is 0 Å². The van der Waals surface area contributed by atoms with Crippen LogP contribution in [-0.2, 0) is 6.42 Å². The Kier molecular flexibility index (Phi) is 8.52. The first-order valence-corrected chi connectivity index (χ1v) is 7.38.